The molecule has 1 fully saturated rings. The number of aromatic nitrogens is 1. The zero-order valence-electron chi connectivity index (χ0n) is 17.5. The second kappa shape index (κ2) is 8.78. The summed E-state index contributed by atoms with van der Waals surface area (Å²) in [6, 6.07) is 15.7. The molecule has 1 aliphatic heterocycles. The number of aryl methyl sites for hydroxylation is 1. The highest BCUT2D eigenvalue weighted by atomic mass is 32.1. The first kappa shape index (κ1) is 20.2. The maximum Gasteiger partial charge on any atom is 0.295 e. The zero-order valence-corrected chi connectivity index (χ0v) is 18.4. The van der Waals surface area contributed by atoms with Crippen LogP contribution in [0.3, 0.4) is 0 Å². The molecule has 31 heavy (non-hydrogen) atoms. The Balaban J connectivity index is 1.43. The number of furan rings is 1. The molecule has 4 aromatic rings. The minimum Gasteiger partial charge on any atom is -0.451 e. The lowest BCUT2D eigenvalue weighted by molar-refractivity contribution is 0.0376. The summed E-state index contributed by atoms with van der Waals surface area (Å²) in [5, 5.41) is 1.65. The molecule has 2 aromatic carbocycles. The molecule has 2 aromatic heterocycles. The highest BCUT2D eigenvalue weighted by Gasteiger charge is 2.25. The van der Waals surface area contributed by atoms with E-state index in [0.29, 0.717) is 12.3 Å². The highest BCUT2D eigenvalue weighted by Crippen LogP contribution is 2.32. The Morgan fingerprint density at radius 3 is 2.81 bits per heavy atom. The van der Waals surface area contributed by atoms with Crippen molar-refractivity contribution in [2.45, 2.75) is 13.3 Å². The lowest BCUT2D eigenvalue weighted by Gasteiger charge is -2.27. The number of nitrogens with zero attached hydrogens (tertiary/aromatic N) is 3. The zero-order chi connectivity index (χ0) is 21.2. The van der Waals surface area contributed by atoms with Gasteiger partial charge in [-0.2, -0.15) is 0 Å². The SMILES string of the molecule is Cc1cccc2sc(N(CCCN3CCOCC3)C(=O)c3cc4ccccc4o3)nc12. The second-order valence-electron chi connectivity index (χ2n) is 7.83. The van der Waals surface area contributed by atoms with Crippen molar-refractivity contribution in [3.63, 3.8) is 0 Å². The normalized spacial score (nSPS) is 15.0. The van der Waals surface area contributed by atoms with Crippen LogP contribution in [0.2, 0.25) is 0 Å². The van der Waals surface area contributed by atoms with Gasteiger partial charge in [-0.3, -0.25) is 14.6 Å². The van der Waals surface area contributed by atoms with E-state index in [2.05, 4.69) is 24.0 Å². The van der Waals surface area contributed by atoms with Crippen molar-refractivity contribution < 1.29 is 13.9 Å². The third-order valence-electron chi connectivity index (χ3n) is 5.68. The number of ether oxygens (including phenoxy) is 1. The molecule has 5 rings (SSSR count). The van der Waals surface area contributed by atoms with Crippen molar-refractivity contribution in [3.05, 3.63) is 59.9 Å². The van der Waals surface area contributed by atoms with Crippen LogP contribution in [0.25, 0.3) is 21.2 Å². The monoisotopic (exact) mass is 435 g/mol. The van der Waals surface area contributed by atoms with E-state index in [9.17, 15) is 4.79 Å². The molecule has 0 spiro atoms. The predicted octanol–water partition coefficient (Wildman–Crippen LogP) is 4.72. The number of para-hydroxylation sites is 2. The molecule has 0 N–H and O–H groups in total. The van der Waals surface area contributed by atoms with Crippen LogP contribution >= 0.6 is 11.3 Å². The van der Waals surface area contributed by atoms with Crippen LogP contribution in [0.15, 0.2) is 52.9 Å². The molecule has 1 amide bonds. The molecule has 0 radical (unpaired) electrons. The van der Waals surface area contributed by atoms with E-state index in [1.54, 1.807) is 16.2 Å². The van der Waals surface area contributed by atoms with Gasteiger partial charge in [-0.1, -0.05) is 41.7 Å². The number of hydrogen-bond donors (Lipinski definition) is 0. The van der Waals surface area contributed by atoms with Gasteiger partial charge in [0.15, 0.2) is 10.9 Å². The first-order valence-corrected chi connectivity index (χ1v) is 11.5. The van der Waals surface area contributed by atoms with Crippen molar-refractivity contribution in [3.8, 4) is 0 Å². The smallest absolute Gasteiger partial charge is 0.295 e. The van der Waals surface area contributed by atoms with Gasteiger partial charge < -0.3 is 9.15 Å². The summed E-state index contributed by atoms with van der Waals surface area (Å²) in [5.41, 5.74) is 2.79. The fourth-order valence-corrected chi connectivity index (χ4v) is 5.04. The molecular weight excluding hydrogens is 410 g/mol. The number of fused-ring (bicyclic) bond motifs is 2. The molecule has 0 saturated carbocycles. The topological polar surface area (TPSA) is 58.8 Å². The maximum atomic E-state index is 13.5. The van der Waals surface area contributed by atoms with Gasteiger partial charge in [0.2, 0.25) is 0 Å². The molecule has 7 heteroatoms. The molecule has 0 aliphatic carbocycles. The second-order valence-corrected chi connectivity index (χ2v) is 8.84. The summed E-state index contributed by atoms with van der Waals surface area (Å²) in [6.07, 6.45) is 0.862. The maximum absolute atomic E-state index is 13.5. The van der Waals surface area contributed by atoms with Gasteiger partial charge in [0.05, 0.1) is 23.4 Å². The summed E-state index contributed by atoms with van der Waals surface area (Å²) in [4.78, 5) is 22.5. The van der Waals surface area contributed by atoms with Crippen molar-refractivity contribution in [2.24, 2.45) is 0 Å². The largest absolute Gasteiger partial charge is 0.451 e. The number of carbonyl (C=O) groups excluding carboxylic acids is 1. The van der Waals surface area contributed by atoms with Gasteiger partial charge in [-0.25, -0.2) is 4.98 Å². The van der Waals surface area contributed by atoms with E-state index in [1.807, 2.05) is 36.4 Å². The Labute approximate surface area is 185 Å². The van der Waals surface area contributed by atoms with Crippen molar-refractivity contribution >= 4 is 43.6 Å². The third kappa shape index (κ3) is 4.21. The van der Waals surface area contributed by atoms with E-state index in [0.717, 1.165) is 71.1 Å². The lowest BCUT2D eigenvalue weighted by atomic mass is 10.2. The predicted molar refractivity (Wildman–Crippen MR) is 124 cm³/mol. The minimum atomic E-state index is -0.144. The van der Waals surface area contributed by atoms with Crippen LogP contribution in [0.1, 0.15) is 22.5 Å². The van der Waals surface area contributed by atoms with Crippen molar-refractivity contribution in [2.75, 3.05) is 44.3 Å². The van der Waals surface area contributed by atoms with Gasteiger partial charge in [0, 0.05) is 31.6 Å². The van der Waals surface area contributed by atoms with Crippen LogP contribution in [0.5, 0.6) is 0 Å². The van der Waals surface area contributed by atoms with E-state index in [1.165, 1.54) is 0 Å². The molecule has 160 valence electrons. The molecular formula is C24H25N3O3S. The number of amides is 1. The Kier molecular flexibility index (Phi) is 5.72. The first-order valence-electron chi connectivity index (χ1n) is 10.7. The molecule has 3 heterocycles. The molecule has 6 nitrogen and oxygen atoms in total. The Morgan fingerprint density at radius 1 is 1.16 bits per heavy atom. The fraction of sp³-hybridized carbons (Fsp3) is 0.333. The number of thiazole rings is 1. The van der Waals surface area contributed by atoms with Crippen LogP contribution in [-0.4, -0.2) is 55.2 Å². The third-order valence-corrected chi connectivity index (χ3v) is 6.73. The van der Waals surface area contributed by atoms with E-state index < -0.39 is 0 Å². The lowest BCUT2D eigenvalue weighted by Crippen LogP contribution is -2.39. The molecule has 1 saturated heterocycles. The van der Waals surface area contributed by atoms with Gasteiger partial charge in [-0.15, -0.1) is 0 Å². The van der Waals surface area contributed by atoms with Crippen LogP contribution in [-0.2, 0) is 4.74 Å². The average Bonchev–Trinajstić information content (AvgIpc) is 3.42. The quantitative estimate of drug-likeness (QED) is 0.439. The number of anilines is 1. The van der Waals surface area contributed by atoms with E-state index in [4.69, 9.17) is 14.1 Å². The van der Waals surface area contributed by atoms with Crippen LogP contribution in [0, 0.1) is 6.92 Å². The summed E-state index contributed by atoms with van der Waals surface area (Å²) < 4.78 is 12.4. The van der Waals surface area contributed by atoms with Gasteiger partial charge in [0.25, 0.3) is 5.91 Å². The van der Waals surface area contributed by atoms with E-state index >= 15 is 0 Å². The number of benzene rings is 2. The minimum absolute atomic E-state index is 0.144. The number of morpholine rings is 1. The van der Waals surface area contributed by atoms with Crippen molar-refractivity contribution in [1.82, 2.24) is 9.88 Å². The van der Waals surface area contributed by atoms with Crippen LogP contribution in [0.4, 0.5) is 5.13 Å². The van der Waals surface area contributed by atoms with Crippen LogP contribution < -0.4 is 4.90 Å². The Hall–Kier alpha value is -2.74. The van der Waals surface area contributed by atoms with Gasteiger partial charge in [0.1, 0.15) is 5.58 Å². The number of carbonyl (C=O) groups is 1. The summed E-state index contributed by atoms with van der Waals surface area (Å²) in [5.74, 6) is 0.207. The summed E-state index contributed by atoms with van der Waals surface area (Å²) in [7, 11) is 0. The van der Waals surface area contributed by atoms with Crippen molar-refractivity contribution in [1.29, 1.82) is 0 Å². The first-order chi connectivity index (χ1) is 15.2. The fourth-order valence-electron chi connectivity index (χ4n) is 3.97. The molecule has 0 unspecified atom stereocenters. The van der Waals surface area contributed by atoms with Gasteiger partial charge in [-0.05, 0) is 37.1 Å². The summed E-state index contributed by atoms with van der Waals surface area (Å²) in [6.45, 7) is 7.01. The highest BCUT2D eigenvalue weighted by molar-refractivity contribution is 7.22. The van der Waals surface area contributed by atoms with Gasteiger partial charge >= 0.3 is 0 Å². The average molecular weight is 436 g/mol. The molecule has 0 bridgehead atoms. The standard InChI is InChI=1S/C24H25N3O3S/c1-17-6-4-9-21-22(17)25-24(31-21)27(11-5-10-26-12-14-29-15-13-26)23(28)20-16-18-7-2-3-8-19(18)30-20/h2-4,6-9,16H,5,10-15H2,1H3. The van der Waals surface area contributed by atoms with E-state index in [-0.39, 0.29) is 5.91 Å². The number of hydrogen-bond acceptors (Lipinski definition) is 6. The number of rotatable bonds is 6. The molecule has 0 atom stereocenters. The summed E-state index contributed by atoms with van der Waals surface area (Å²) >= 11 is 1.55. The molecule has 1 aliphatic rings. The Morgan fingerprint density at radius 2 is 2.00 bits per heavy atom. The Bertz CT molecular complexity index is 1180.